The molecule has 1 aromatic carbocycles. The van der Waals surface area contributed by atoms with Crippen LogP contribution >= 0.6 is 11.8 Å². The molecule has 2 N–H and O–H groups in total. The summed E-state index contributed by atoms with van der Waals surface area (Å²) in [6.07, 6.45) is 0.839. The van der Waals surface area contributed by atoms with Crippen LogP contribution in [0.15, 0.2) is 24.3 Å². The highest BCUT2D eigenvalue weighted by Gasteiger charge is 2.22. The summed E-state index contributed by atoms with van der Waals surface area (Å²) in [6.45, 7) is 1.96. The van der Waals surface area contributed by atoms with Gasteiger partial charge >= 0.3 is 6.03 Å². The Morgan fingerprint density at radius 2 is 2.26 bits per heavy atom. The van der Waals surface area contributed by atoms with E-state index in [2.05, 4.69) is 10.6 Å². The molecule has 1 saturated heterocycles. The molecule has 19 heavy (non-hydrogen) atoms. The van der Waals surface area contributed by atoms with E-state index in [0.29, 0.717) is 5.75 Å². The zero-order valence-electron chi connectivity index (χ0n) is 10.5. The minimum atomic E-state index is -0.400. The second-order valence-electron chi connectivity index (χ2n) is 4.48. The van der Waals surface area contributed by atoms with Gasteiger partial charge in [-0.1, -0.05) is 12.1 Å². The monoisotopic (exact) mass is 281 g/mol. The molecule has 1 aromatic rings. The Bertz CT molecular complexity index is 495. The molecule has 2 atom stereocenters. The average molecular weight is 281 g/mol. The highest BCUT2D eigenvalue weighted by atomic mass is 32.2. The van der Waals surface area contributed by atoms with Crippen molar-refractivity contribution in [3.05, 3.63) is 39.9 Å². The first kappa shape index (κ1) is 13.7. The van der Waals surface area contributed by atoms with E-state index in [1.807, 2.05) is 13.0 Å². The quantitative estimate of drug-likeness (QED) is 0.655. The van der Waals surface area contributed by atoms with Gasteiger partial charge in [-0.3, -0.25) is 10.1 Å². The van der Waals surface area contributed by atoms with Gasteiger partial charge in [-0.15, -0.1) is 11.8 Å². The van der Waals surface area contributed by atoms with Gasteiger partial charge < -0.3 is 10.6 Å². The Labute approximate surface area is 115 Å². The molecule has 0 aliphatic carbocycles. The van der Waals surface area contributed by atoms with E-state index >= 15 is 0 Å². The number of nitro groups is 1. The van der Waals surface area contributed by atoms with E-state index in [1.165, 1.54) is 6.07 Å². The van der Waals surface area contributed by atoms with Crippen molar-refractivity contribution in [3.63, 3.8) is 0 Å². The predicted molar refractivity (Wildman–Crippen MR) is 73.9 cm³/mol. The number of hydrogen-bond acceptors (Lipinski definition) is 4. The SMILES string of the molecule is CC1CC(SCc2cccc([N+](=O)[O-])c2)NC(=O)N1. The molecule has 2 amide bonds. The van der Waals surface area contributed by atoms with Crippen LogP contribution in [0, 0.1) is 10.1 Å². The molecule has 102 valence electrons. The van der Waals surface area contributed by atoms with Crippen molar-refractivity contribution >= 4 is 23.5 Å². The van der Waals surface area contributed by atoms with Crippen LogP contribution in [0.25, 0.3) is 0 Å². The van der Waals surface area contributed by atoms with Crippen LogP contribution < -0.4 is 10.6 Å². The molecular formula is C12H15N3O3S. The molecule has 6 nitrogen and oxygen atoms in total. The Balaban J connectivity index is 1.93. The molecule has 0 spiro atoms. The third-order valence-electron chi connectivity index (χ3n) is 2.81. The minimum Gasteiger partial charge on any atom is -0.336 e. The fourth-order valence-corrected chi connectivity index (χ4v) is 3.11. The Morgan fingerprint density at radius 1 is 1.47 bits per heavy atom. The summed E-state index contributed by atoms with van der Waals surface area (Å²) in [5.41, 5.74) is 0.987. The average Bonchev–Trinajstić information content (AvgIpc) is 2.35. The second-order valence-corrected chi connectivity index (χ2v) is 5.67. The number of hydrogen-bond donors (Lipinski definition) is 2. The Hall–Kier alpha value is -1.76. The van der Waals surface area contributed by atoms with Gasteiger partial charge in [0.25, 0.3) is 5.69 Å². The van der Waals surface area contributed by atoms with E-state index in [-0.39, 0.29) is 23.1 Å². The summed E-state index contributed by atoms with van der Waals surface area (Å²) >= 11 is 1.58. The second kappa shape index (κ2) is 5.92. The smallest absolute Gasteiger partial charge is 0.315 e. The van der Waals surface area contributed by atoms with E-state index < -0.39 is 4.92 Å². The zero-order chi connectivity index (χ0) is 13.8. The fourth-order valence-electron chi connectivity index (χ4n) is 1.92. The summed E-state index contributed by atoms with van der Waals surface area (Å²) in [5, 5.41) is 16.3. The lowest BCUT2D eigenvalue weighted by Gasteiger charge is -2.28. The Kier molecular flexibility index (Phi) is 4.26. The molecular weight excluding hydrogens is 266 g/mol. The van der Waals surface area contributed by atoms with Gasteiger partial charge in [0.1, 0.15) is 0 Å². The first-order chi connectivity index (χ1) is 9.04. The van der Waals surface area contributed by atoms with Gasteiger partial charge in [-0.25, -0.2) is 4.79 Å². The summed E-state index contributed by atoms with van der Waals surface area (Å²) in [4.78, 5) is 21.6. The van der Waals surface area contributed by atoms with Gasteiger partial charge in [0.2, 0.25) is 0 Å². The van der Waals surface area contributed by atoms with Crippen LogP contribution in [-0.4, -0.2) is 22.4 Å². The lowest BCUT2D eigenvalue weighted by Crippen LogP contribution is -2.52. The minimum absolute atomic E-state index is 0.0445. The van der Waals surface area contributed by atoms with Crippen LogP contribution in [0.4, 0.5) is 10.5 Å². The molecule has 1 heterocycles. The molecule has 1 aliphatic rings. The lowest BCUT2D eigenvalue weighted by atomic mass is 10.2. The topological polar surface area (TPSA) is 84.3 Å². The molecule has 1 aliphatic heterocycles. The fraction of sp³-hybridized carbons (Fsp3) is 0.417. The number of carbonyl (C=O) groups is 1. The van der Waals surface area contributed by atoms with Crippen molar-refractivity contribution < 1.29 is 9.72 Å². The zero-order valence-corrected chi connectivity index (χ0v) is 11.3. The van der Waals surface area contributed by atoms with Gasteiger partial charge in [-0.2, -0.15) is 0 Å². The van der Waals surface area contributed by atoms with Crippen molar-refractivity contribution in [1.82, 2.24) is 10.6 Å². The van der Waals surface area contributed by atoms with E-state index in [1.54, 1.807) is 23.9 Å². The molecule has 7 heteroatoms. The normalized spacial score (nSPS) is 22.5. The molecule has 0 saturated carbocycles. The van der Waals surface area contributed by atoms with Gasteiger partial charge in [-0.05, 0) is 18.9 Å². The maximum absolute atomic E-state index is 11.3. The molecule has 0 radical (unpaired) electrons. The number of amides is 2. The Morgan fingerprint density at radius 3 is 2.95 bits per heavy atom. The molecule has 0 bridgehead atoms. The largest absolute Gasteiger partial charge is 0.336 e. The summed E-state index contributed by atoms with van der Waals surface area (Å²) in [5.74, 6) is 0.638. The first-order valence-electron chi connectivity index (χ1n) is 5.96. The lowest BCUT2D eigenvalue weighted by molar-refractivity contribution is -0.384. The third-order valence-corrected chi connectivity index (χ3v) is 4.02. The number of nitrogens with one attached hydrogen (secondary N) is 2. The summed E-state index contributed by atoms with van der Waals surface area (Å²) < 4.78 is 0. The van der Waals surface area contributed by atoms with E-state index in [9.17, 15) is 14.9 Å². The summed E-state index contributed by atoms with van der Waals surface area (Å²) in [6, 6.07) is 6.57. The number of carbonyl (C=O) groups excluding carboxylic acids is 1. The van der Waals surface area contributed by atoms with Crippen LogP contribution in [0.3, 0.4) is 0 Å². The number of rotatable bonds is 4. The van der Waals surface area contributed by atoms with Gasteiger partial charge in [0.05, 0.1) is 10.3 Å². The van der Waals surface area contributed by atoms with Crippen molar-refractivity contribution in [3.8, 4) is 0 Å². The van der Waals surface area contributed by atoms with E-state index in [4.69, 9.17) is 0 Å². The van der Waals surface area contributed by atoms with Crippen molar-refractivity contribution in [2.45, 2.75) is 30.5 Å². The number of non-ortho nitro benzene ring substituents is 1. The van der Waals surface area contributed by atoms with Crippen molar-refractivity contribution in [2.24, 2.45) is 0 Å². The highest BCUT2D eigenvalue weighted by molar-refractivity contribution is 7.99. The maximum Gasteiger partial charge on any atom is 0.315 e. The van der Waals surface area contributed by atoms with Crippen LogP contribution in [0.2, 0.25) is 0 Å². The molecule has 1 fully saturated rings. The molecule has 2 rings (SSSR count). The van der Waals surface area contributed by atoms with Crippen LogP contribution in [0.5, 0.6) is 0 Å². The van der Waals surface area contributed by atoms with Crippen LogP contribution in [-0.2, 0) is 5.75 Å². The maximum atomic E-state index is 11.3. The van der Waals surface area contributed by atoms with Crippen molar-refractivity contribution in [2.75, 3.05) is 0 Å². The molecule has 0 aromatic heterocycles. The predicted octanol–water partition coefficient (Wildman–Crippen LogP) is 2.25. The standard InChI is InChI=1S/C12H15N3O3S/c1-8-5-11(14-12(16)13-8)19-7-9-3-2-4-10(6-9)15(17)18/h2-4,6,8,11H,5,7H2,1H3,(H2,13,14,16). The highest BCUT2D eigenvalue weighted by Crippen LogP contribution is 2.23. The molecule has 2 unspecified atom stereocenters. The number of thioether (sulfide) groups is 1. The van der Waals surface area contributed by atoms with Gasteiger partial charge in [0.15, 0.2) is 0 Å². The first-order valence-corrected chi connectivity index (χ1v) is 7.01. The number of nitro benzene ring substituents is 1. The third kappa shape index (κ3) is 3.85. The number of nitrogens with zero attached hydrogens (tertiary/aromatic N) is 1. The van der Waals surface area contributed by atoms with Gasteiger partial charge in [0, 0.05) is 23.9 Å². The summed E-state index contributed by atoms with van der Waals surface area (Å²) in [7, 11) is 0. The number of benzene rings is 1. The number of urea groups is 1. The van der Waals surface area contributed by atoms with E-state index in [0.717, 1.165) is 12.0 Å². The van der Waals surface area contributed by atoms with Crippen LogP contribution in [0.1, 0.15) is 18.9 Å². The van der Waals surface area contributed by atoms with Crippen molar-refractivity contribution in [1.29, 1.82) is 0 Å².